The fourth-order valence-electron chi connectivity index (χ4n) is 3.81. The molecule has 164 valence electrons. The fraction of sp³-hybridized carbons (Fsp3) is 0.600. The lowest BCUT2D eigenvalue weighted by molar-refractivity contribution is 0.0222. The van der Waals surface area contributed by atoms with Gasteiger partial charge in [0.1, 0.15) is 5.82 Å². The van der Waals surface area contributed by atoms with E-state index in [4.69, 9.17) is 14.0 Å². The highest BCUT2D eigenvalue weighted by atomic mass is 32.2. The molecule has 10 heteroatoms. The van der Waals surface area contributed by atoms with Crippen LogP contribution in [0.3, 0.4) is 0 Å². The van der Waals surface area contributed by atoms with E-state index in [1.54, 1.807) is 0 Å². The van der Waals surface area contributed by atoms with Crippen molar-refractivity contribution in [3.63, 3.8) is 0 Å². The summed E-state index contributed by atoms with van der Waals surface area (Å²) in [4.78, 5) is 4.46. The van der Waals surface area contributed by atoms with Gasteiger partial charge in [0.25, 0.3) is 0 Å². The van der Waals surface area contributed by atoms with Crippen LogP contribution >= 0.6 is 0 Å². The number of hydrogen-bond donors (Lipinski definition) is 0. The molecule has 0 bridgehead atoms. The zero-order valence-electron chi connectivity index (χ0n) is 16.7. The third-order valence-corrected chi connectivity index (χ3v) is 7.46. The highest BCUT2D eigenvalue weighted by molar-refractivity contribution is 7.89. The minimum atomic E-state index is -3.68. The number of nitrogens with zero attached hydrogens (tertiary/aromatic N) is 3. The molecule has 1 aromatic heterocycles. The van der Waals surface area contributed by atoms with Gasteiger partial charge in [-0.3, -0.25) is 0 Å². The van der Waals surface area contributed by atoms with Crippen LogP contribution < -0.4 is 0 Å². The molecule has 0 N–H and O–H groups in total. The van der Waals surface area contributed by atoms with Gasteiger partial charge < -0.3 is 14.0 Å². The molecule has 2 aliphatic rings. The monoisotopic (exact) mass is 439 g/mol. The van der Waals surface area contributed by atoms with Gasteiger partial charge in [0.05, 0.1) is 17.6 Å². The number of halogens is 1. The molecule has 0 unspecified atom stereocenters. The molecular formula is C20H26FN3O5S. The Hall–Kier alpha value is -1.88. The van der Waals surface area contributed by atoms with E-state index in [0.717, 1.165) is 32.1 Å². The number of sulfonamides is 1. The molecular weight excluding hydrogens is 413 g/mol. The Balaban J connectivity index is 1.22. The van der Waals surface area contributed by atoms with Crippen LogP contribution in [0.1, 0.15) is 43.3 Å². The fourth-order valence-corrected chi connectivity index (χ4v) is 5.31. The van der Waals surface area contributed by atoms with E-state index in [-0.39, 0.29) is 16.9 Å². The SMILES string of the molecule is O=S(=O)(c1cccc(F)c1)N1CCC(OCCc2noc(C3CCOCC3)n2)CC1. The first-order chi connectivity index (χ1) is 14.5. The number of ether oxygens (including phenoxy) is 2. The molecule has 0 spiro atoms. The van der Waals surface area contributed by atoms with E-state index in [2.05, 4.69) is 10.1 Å². The first-order valence-electron chi connectivity index (χ1n) is 10.3. The van der Waals surface area contributed by atoms with E-state index in [0.29, 0.717) is 50.7 Å². The largest absolute Gasteiger partial charge is 0.381 e. The molecule has 1 aromatic carbocycles. The quantitative estimate of drug-likeness (QED) is 0.654. The lowest BCUT2D eigenvalue weighted by Crippen LogP contribution is -2.41. The standard InChI is InChI=1S/C20H26FN3O5S/c21-16-2-1-3-18(14-16)30(25,26)24-9-4-17(5-10-24)28-13-8-19-22-20(29-23-19)15-6-11-27-12-7-15/h1-3,14-15,17H,4-13H2. The third kappa shape index (κ3) is 5.05. The van der Waals surface area contributed by atoms with Crippen LogP contribution in [0, 0.1) is 5.82 Å². The third-order valence-electron chi connectivity index (χ3n) is 5.57. The van der Waals surface area contributed by atoms with Gasteiger partial charge in [0, 0.05) is 38.6 Å². The van der Waals surface area contributed by atoms with Crippen molar-refractivity contribution in [2.45, 2.75) is 49.0 Å². The number of piperidine rings is 1. The van der Waals surface area contributed by atoms with Crippen LogP contribution in [0.4, 0.5) is 4.39 Å². The van der Waals surface area contributed by atoms with Crippen molar-refractivity contribution < 1.29 is 26.8 Å². The summed E-state index contributed by atoms with van der Waals surface area (Å²) in [7, 11) is -3.68. The van der Waals surface area contributed by atoms with E-state index in [9.17, 15) is 12.8 Å². The molecule has 2 saturated heterocycles. The van der Waals surface area contributed by atoms with Crippen molar-refractivity contribution in [2.24, 2.45) is 0 Å². The molecule has 0 atom stereocenters. The Kier molecular flexibility index (Phi) is 6.77. The number of hydrogen-bond acceptors (Lipinski definition) is 7. The predicted molar refractivity (Wildman–Crippen MR) is 105 cm³/mol. The molecule has 0 aliphatic carbocycles. The van der Waals surface area contributed by atoms with Crippen LogP contribution in [-0.2, 0) is 25.9 Å². The summed E-state index contributed by atoms with van der Waals surface area (Å²) in [6, 6.07) is 5.11. The van der Waals surface area contributed by atoms with Crippen molar-refractivity contribution in [1.82, 2.24) is 14.4 Å². The van der Waals surface area contributed by atoms with Gasteiger partial charge in [-0.15, -0.1) is 0 Å². The second kappa shape index (κ2) is 9.51. The number of benzene rings is 1. The summed E-state index contributed by atoms with van der Waals surface area (Å²) in [5.41, 5.74) is 0. The average molecular weight is 440 g/mol. The van der Waals surface area contributed by atoms with Crippen molar-refractivity contribution in [1.29, 1.82) is 0 Å². The second-order valence-electron chi connectivity index (χ2n) is 7.62. The minimum absolute atomic E-state index is 0.0145. The Bertz CT molecular complexity index is 937. The van der Waals surface area contributed by atoms with Crippen molar-refractivity contribution >= 4 is 10.0 Å². The van der Waals surface area contributed by atoms with Gasteiger partial charge in [-0.05, 0) is 43.9 Å². The topological polar surface area (TPSA) is 94.8 Å². The Morgan fingerprint density at radius 1 is 1.17 bits per heavy atom. The molecule has 8 nitrogen and oxygen atoms in total. The summed E-state index contributed by atoms with van der Waals surface area (Å²) in [5, 5.41) is 4.03. The molecule has 4 rings (SSSR count). The van der Waals surface area contributed by atoms with Gasteiger partial charge in [-0.25, -0.2) is 12.8 Å². The smallest absolute Gasteiger partial charge is 0.243 e. The zero-order chi connectivity index (χ0) is 21.0. The predicted octanol–water partition coefficient (Wildman–Crippen LogP) is 2.52. The van der Waals surface area contributed by atoms with Gasteiger partial charge >= 0.3 is 0 Å². The van der Waals surface area contributed by atoms with Crippen LogP contribution in [0.15, 0.2) is 33.7 Å². The maximum absolute atomic E-state index is 13.4. The maximum Gasteiger partial charge on any atom is 0.243 e. The van der Waals surface area contributed by atoms with Crippen molar-refractivity contribution in [2.75, 3.05) is 32.9 Å². The first-order valence-corrected chi connectivity index (χ1v) is 11.7. The van der Waals surface area contributed by atoms with E-state index >= 15 is 0 Å². The highest BCUT2D eigenvalue weighted by Gasteiger charge is 2.30. The summed E-state index contributed by atoms with van der Waals surface area (Å²) >= 11 is 0. The second-order valence-corrected chi connectivity index (χ2v) is 9.56. The van der Waals surface area contributed by atoms with Crippen molar-refractivity contribution in [3.8, 4) is 0 Å². The molecule has 2 aliphatic heterocycles. The molecule has 0 amide bonds. The Morgan fingerprint density at radius 3 is 2.67 bits per heavy atom. The first kappa shape index (κ1) is 21.4. The summed E-state index contributed by atoms with van der Waals surface area (Å²) in [6.07, 6.45) is 3.51. The zero-order valence-corrected chi connectivity index (χ0v) is 17.5. The molecule has 2 aromatic rings. The van der Waals surface area contributed by atoms with E-state index < -0.39 is 15.8 Å². The summed E-state index contributed by atoms with van der Waals surface area (Å²) in [5.74, 6) is 1.01. The van der Waals surface area contributed by atoms with Crippen molar-refractivity contribution in [3.05, 3.63) is 41.8 Å². The van der Waals surface area contributed by atoms with Gasteiger partial charge in [0.2, 0.25) is 15.9 Å². The van der Waals surface area contributed by atoms with Crippen LogP contribution in [-0.4, -0.2) is 61.9 Å². The number of rotatable bonds is 7. The van der Waals surface area contributed by atoms with Gasteiger partial charge in [-0.2, -0.15) is 9.29 Å². The normalized spacial score (nSPS) is 19.9. The maximum atomic E-state index is 13.4. The molecule has 3 heterocycles. The molecule has 0 radical (unpaired) electrons. The van der Waals surface area contributed by atoms with Gasteiger partial charge in [-0.1, -0.05) is 11.2 Å². The van der Waals surface area contributed by atoms with Crippen LogP contribution in [0.2, 0.25) is 0 Å². The van der Waals surface area contributed by atoms with E-state index in [1.165, 1.54) is 22.5 Å². The molecule has 0 saturated carbocycles. The molecule has 2 fully saturated rings. The van der Waals surface area contributed by atoms with E-state index in [1.807, 2.05) is 0 Å². The van der Waals surface area contributed by atoms with Gasteiger partial charge in [0.15, 0.2) is 5.82 Å². The summed E-state index contributed by atoms with van der Waals surface area (Å²) in [6.45, 7) is 2.59. The highest BCUT2D eigenvalue weighted by Crippen LogP contribution is 2.26. The number of aromatic nitrogens is 2. The van der Waals surface area contributed by atoms with Crippen LogP contribution in [0.25, 0.3) is 0 Å². The summed E-state index contributed by atoms with van der Waals surface area (Å²) < 4.78 is 56.7. The average Bonchev–Trinajstić information content (AvgIpc) is 3.24. The lowest BCUT2D eigenvalue weighted by atomic mass is 10.0. The minimum Gasteiger partial charge on any atom is -0.381 e. The Labute approximate surface area is 175 Å². The molecule has 30 heavy (non-hydrogen) atoms. The lowest BCUT2D eigenvalue weighted by Gasteiger charge is -2.31. The Morgan fingerprint density at radius 2 is 1.93 bits per heavy atom. The van der Waals surface area contributed by atoms with Crippen LogP contribution in [0.5, 0.6) is 0 Å².